The second-order valence-electron chi connectivity index (χ2n) is 6.51. The summed E-state index contributed by atoms with van der Waals surface area (Å²) in [4.78, 5) is 0. The summed E-state index contributed by atoms with van der Waals surface area (Å²) in [6.45, 7) is 15.4. The van der Waals surface area contributed by atoms with Crippen molar-refractivity contribution in [1.29, 1.82) is 0 Å². The normalized spacial score (nSPS) is 47.9. The Balaban J connectivity index is 2.13. The van der Waals surface area contributed by atoms with Gasteiger partial charge in [0, 0.05) is 17.8 Å². The topological polar surface area (TPSA) is 18.5 Å². The van der Waals surface area contributed by atoms with Gasteiger partial charge in [0.25, 0.3) is 0 Å². The molecule has 104 valence electrons. The Morgan fingerprint density at radius 3 is 2.53 bits per heavy atom. The Hall–Kier alpha value is -0.860. The van der Waals surface area contributed by atoms with Crippen molar-refractivity contribution in [2.45, 2.75) is 45.0 Å². The SMILES string of the molecule is C=CC1OC2(C)C3COC(C=C)C2C1C(=C(C)C)C3. The monoisotopic (exact) mass is 260 g/mol. The van der Waals surface area contributed by atoms with Gasteiger partial charge in [-0.3, -0.25) is 0 Å². The van der Waals surface area contributed by atoms with E-state index >= 15 is 0 Å². The summed E-state index contributed by atoms with van der Waals surface area (Å²) in [5.74, 6) is 1.25. The van der Waals surface area contributed by atoms with Crippen LogP contribution < -0.4 is 0 Å². The quantitative estimate of drug-likeness (QED) is 0.707. The first kappa shape index (κ1) is 13.1. The third-order valence-electron chi connectivity index (χ3n) is 5.42. The summed E-state index contributed by atoms with van der Waals surface area (Å²) in [5.41, 5.74) is 2.91. The van der Waals surface area contributed by atoms with Crippen molar-refractivity contribution in [2.75, 3.05) is 6.61 Å². The average Bonchev–Trinajstić information content (AvgIpc) is 2.59. The first-order valence-corrected chi connectivity index (χ1v) is 7.23. The van der Waals surface area contributed by atoms with Crippen molar-refractivity contribution in [1.82, 2.24) is 0 Å². The molecule has 3 fully saturated rings. The smallest absolute Gasteiger partial charge is 0.0831 e. The molecule has 0 aromatic rings. The molecule has 0 radical (unpaired) electrons. The van der Waals surface area contributed by atoms with Crippen LogP contribution in [0.15, 0.2) is 36.5 Å². The summed E-state index contributed by atoms with van der Waals surface area (Å²) >= 11 is 0. The molecule has 0 aromatic heterocycles. The van der Waals surface area contributed by atoms with Gasteiger partial charge in [0.05, 0.1) is 24.4 Å². The predicted octanol–water partition coefficient (Wildman–Crippen LogP) is 3.50. The summed E-state index contributed by atoms with van der Waals surface area (Å²) in [6.07, 6.45) is 5.25. The maximum Gasteiger partial charge on any atom is 0.0831 e. The summed E-state index contributed by atoms with van der Waals surface area (Å²) in [5, 5.41) is 0. The van der Waals surface area contributed by atoms with Crippen LogP contribution in [0.5, 0.6) is 0 Å². The maximum absolute atomic E-state index is 6.42. The highest BCUT2D eigenvalue weighted by molar-refractivity contribution is 5.31. The van der Waals surface area contributed by atoms with E-state index in [1.54, 1.807) is 5.57 Å². The maximum atomic E-state index is 6.42. The van der Waals surface area contributed by atoms with Gasteiger partial charge < -0.3 is 9.47 Å². The van der Waals surface area contributed by atoms with Crippen LogP contribution in [0, 0.1) is 17.8 Å². The number of ether oxygens (including phenoxy) is 2. The van der Waals surface area contributed by atoms with Crippen LogP contribution in [0.3, 0.4) is 0 Å². The highest BCUT2D eigenvalue weighted by Crippen LogP contribution is 2.59. The summed E-state index contributed by atoms with van der Waals surface area (Å²) in [6, 6.07) is 0. The second-order valence-corrected chi connectivity index (χ2v) is 6.51. The van der Waals surface area contributed by atoms with Crippen molar-refractivity contribution in [3.05, 3.63) is 36.5 Å². The fourth-order valence-corrected chi connectivity index (χ4v) is 4.43. The van der Waals surface area contributed by atoms with E-state index in [-0.39, 0.29) is 17.8 Å². The van der Waals surface area contributed by atoms with Gasteiger partial charge in [-0.2, -0.15) is 0 Å². The molecule has 0 spiro atoms. The number of hydrogen-bond acceptors (Lipinski definition) is 2. The lowest BCUT2D eigenvalue weighted by molar-refractivity contribution is -0.165. The zero-order valence-corrected chi connectivity index (χ0v) is 12.2. The zero-order valence-electron chi connectivity index (χ0n) is 12.2. The Morgan fingerprint density at radius 2 is 1.95 bits per heavy atom. The van der Waals surface area contributed by atoms with E-state index in [0.29, 0.717) is 17.8 Å². The van der Waals surface area contributed by atoms with Crippen molar-refractivity contribution in [3.63, 3.8) is 0 Å². The van der Waals surface area contributed by atoms with Crippen LogP contribution in [0.4, 0.5) is 0 Å². The van der Waals surface area contributed by atoms with Gasteiger partial charge in [-0.05, 0) is 27.2 Å². The summed E-state index contributed by atoms with van der Waals surface area (Å²) < 4.78 is 12.4. The van der Waals surface area contributed by atoms with Gasteiger partial charge in [-0.25, -0.2) is 0 Å². The standard InChI is InChI=1S/C17H24O2/c1-6-13-15-12(10(3)4)8-11-9-18-14(7-2)16(15)17(11,5)19-13/h6-7,11,13-16H,1-2,8-9H2,3-5H3. The van der Waals surface area contributed by atoms with Crippen molar-refractivity contribution < 1.29 is 9.47 Å². The van der Waals surface area contributed by atoms with Crippen molar-refractivity contribution in [2.24, 2.45) is 17.8 Å². The fourth-order valence-electron chi connectivity index (χ4n) is 4.43. The lowest BCUT2D eigenvalue weighted by Gasteiger charge is -2.51. The highest BCUT2D eigenvalue weighted by Gasteiger charge is 2.63. The number of hydrogen-bond donors (Lipinski definition) is 0. The summed E-state index contributed by atoms with van der Waals surface area (Å²) in [7, 11) is 0. The molecular weight excluding hydrogens is 236 g/mol. The van der Waals surface area contributed by atoms with Crippen LogP contribution in [0.25, 0.3) is 0 Å². The predicted molar refractivity (Wildman–Crippen MR) is 76.9 cm³/mol. The molecular formula is C17H24O2. The molecule has 2 saturated heterocycles. The molecule has 1 aliphatic carbocycles. The van der Waals surface area contributed by atoms with Crippen molar-refractivity contribution in [3.8, 4) is 0 Å². The Labute approximate surface area is 116 Å². The van der Waals surface area contributed by atoms with Crippen LogP contribution in [0.1, 0.15) is 27.2 Å². The molecule has 19 heavy (non-hydrogen) atoms. The molecule has 6 unspecified atom stereocenters. The van der Waals surface area contributed by atoms with Gasteiger partial charge in [0.15, 0.2) is 0 Å². The lowest BCUT2D eigenvalue weighted by Crippen LogP contribution is -2.56. The Bertz CT molecular complexity index is 446. The number of allylic oxidation sites excluding steroid dienone is 1. The fraction of sp³-hybridized carbons (Fsp3) is 0.647. The zero-order chi connectivity index (χ0) is 13.8. The van der Waals surface area contributed by atoms with E-state index in [2.05, 4.69) is 33.9 Å². The molecule has 3 aliphatic rings. The van der Waals surface area contributed by atoms with E-state index in [9.17, 15) is 0 Å². The van der Waals surface area contributed by atoms with Crippen LogP contribution >= 0.6 is 0 Å². The van der Waals surface area contributed by atoms with E-state index in [0.717, 1.165) is 13.0 Å². The number of rotatable bonds is 2. The average molecular weight is 260 g/mol. The minimum Gasteiger partial charge on any atom is -0.373 e. The van der Waals surface area contributed by atoms with Crippen LogP contribution in [-0.4, -0.2) is 24.4 Å². The van der Waals surface area contributed by atoms with E-state index in [1.807, 2.05) is 12.2 Å². The minimum absolute atomic E-state index is 0.0837. The molecule has 1 saturated carbocycles. The Kier molecular flexibility index (Phi) is 2.99. The van der Waals surface area contributed by atoms with E-state index < -0.39 is 0 Å². The van der Waals surface area contributed by atoms with E-state index in [1.165, 1.54) is 5.57 Å². The second kappa shape index (κ2) is 4.32. The van der Waals surface area contributed by atoms with Crippen LogP contribution in [-0.2, 0) is 9.47 Å². The van der Waals surface area contributed by atoms with Gasteiger partial charge in [-0.1, -0.05) is 23.3 Å². The molecule has 4 bridgehead atoms. The third-order valence-corrected chi connectivity index (χ3v) is 5.42. The minimum atomic E-state index is -0.0837. The van der Waals surface area contributed by atoms with Crippen LogP contribution in [0.2, 0.25) is 0 Å². The molecule has 0 N–H and O–H groups in total. The Morgan fingerprint density at radius 1 is 1.26 bits per heavy atom. The molecule has 3 rings (SSSR count). The first-order chi connectivity index (χ1) is 9.02. The van der Waals surface area contributed by atoms with E-state index in [4.69, 9.17) is 9.47 Å². The molecule has 6 atom stereocenters. The van der Waals surface area contributed by atoms with Crippen molar-refractivity contribution >= 4 is 0 Å². The first-order valence-electron chi connectivity index (χ1n) is 7.23. The molecule has 0 aromatic carbocycles. The van der Waals surface area contributed by atoms with Gasteiger partial charge in [-0.15, -0.1) is 13.2 Å². The highest BCUT2D eigenvalue weighted by atomic mass is 16.5. The molecule has 2 nitrogen and oxygen atoms in total. The largest absolute Gasteiger partial charge is 0.373 e. The third kappa shape index (κ3) is 1.63. The van der Waals surface area contributed by atoms with Gasteiger partial charge >= 0.3 is 0 Å². The van der Waals surface area contributed by atoms with Gasteiger partial charge in [0.2, 0.25) is 0 Å². The molecule has 2 heterocycles. The van der Waals surface area contributed by atoms with Gasteiger partial charge in [0.1, 0.15) is 0 Å². The molecule has 0 amide bonds. The molecule has 2 heteroatoms. The lowest BCUT2D eigenvalue weighted by atomic mass is 9.59. The molecule has 2 aliphatic heterocycles.